The lowest BCUT2D eigenvalue weighted by Gasteiger charge is -2.25. The minimum absolute atomic E-state index is 0.0715. The SMILES string of the molecule is NC(=CC=NCc1cccnc1)c1cc(-c2ccccc2)ccc1NC1CCNC(=O)C1. The van der Waals surface area contributed by atoms with E-state index in [9.17, 15) is 4.79 Å². The van der Waals surface area contributed by atoms with E-state index in [1.165, 1.54) is 0 Å². The number of nitrogens with one attached hydrogen (secondary N) is 2. The summed E-state index contributed by atoms with van der Waals surface area (Å²) in [6.45, 7) is 1.23. The van der Waals surface area contributed by atoms with Crippen molar-refractivity contribution in [2.75, 3.05) is 11.9 Å². The molecule has 1 aliphatic heterocycles. The maximum Gasteiger partial charge on any atom is 0.222 e. The van der Waals surface area contributed by atoms with Gasteiger partial charge in [0.2, 0.25) is 5.91 Å². The van der Waals surface area contributed by atoms with Crippen LogP contribution in [0.3, 0.4) is 0 Å². The van der Waals surface area contributed by atoms with Crippen LogP contribution in [-0.2, 0) is 11.3 Å². The monoisotopic (exact) mass is 425 g/mol. The van der Waals surface area contributed by atoms with Crippen LogP contribution in [0.5, 0.6) is 0 Å². The Bertz CT molecular complexity index is 1110. The highest BCUT2D eigenvalue weighted by molar-refractivity contribution is 5.88. The first-order chi connectivity index (χ1) is 15.7. The molecule has 1 atom stereocenters. The fourth-order valence-corrected chi connectivity index (χ4v) is 3.72. The average molecular weight is 426 g/mol. The van der Waals surface area contributed by atoms with E-state index in [2.05, 4.69) is 44.9 Å². The zero-order valence-corrected chi connectivity index (χ0v) is 17.9. The number of amides is 1. The molecular weight excluding hydrogens is 398 g/mol. The number of nitrogens with zero attached hydrogens (tertiary/aromatic N) is 2. The number of aliphatic imine (C=N–C) groups is 1. The molecule has 0 spiro atoms. The number of nitrogens with two attached hydrogens (primary N) is 1. The highest BCUT2D eigenvalue weighted by Crippen LogP contribution is 2.29. The third-order valence-corrected chi connectivity index (χ3v) is 5.40. The standard InChI is InChI=1S/C26H27N5O/c27-24(11-13-29-18-19-5-4-12-28-17-19)23-15-21(20-6-2-1-3-7-20)8-9-25(23)31-22-10-14-30-26(32)16-22/h1-9,11-13,15,17,22,31H,10,14,16,18,27H2,(H,30,32). The van der Waals surface area contributed by atoms with Crippen LogP contribution < -0.4 is 16.4 Å². The van der Waals surface area contributed by atoms with Gasteiger partial charge in [-0.25, -0.2) is 0 Å². The summed E-state index contributed by atoms with van der Waals surface area (Å²) in [5.41, 5.74) is 12.2. The van der Waals surface area contributed by atoms with Crippen LogP contribution in [0.15, 0.2) is 84.1 Å². The van der Waals surface area contributed by atoms with E-state index in [0.717, 1.165) is 34.4 Å². The summed E-state index contributed by atoms with van der Waals surface area (Å²) in [4.78, 5) is 20.4. The second-order valence-corrected chi connectivity index (χ2v) is 7.78. The molecule has 0 aliphatic carbocycles. The Morgan fingerprint density at radius 2 is 2.03 bits per heavy atom. The summed E-state index contributed by atoms with van der Waals surface area (Å²) in [6, 6.07) is 20.4. The molecule has 1 amide bonds. The van der Waals surface area contributed by atoms with E-state index >= 15 is 0 Å². The number of rotatable bonds is 7. The van der Waals surface area contributed by atoms with Crippen LogP contribution >= 0.6 is 0 Å². The number of carbonyl (C=O) groups excluding carboxylic acids is 1. The molecule has 2 heterocycles. The predicted octanol–water partition coefficient (Wildman–Crippen LogP) is 4.01. The molecule has 4 N–H and O–H groups in total. The quantitative estimate of drug-likeness (QED) is 0.499. The molecule has 32 heavy (non-hydrogen) atoms. The van der Waals surface area contributed by atoms with Gasteiger partial charge in [0.05, 0.1) is 6.54 Å². The zero-order valence-electron chi connectivity index (χ0n) is 17.9. The number of anilines is 1. The largest absolute Gasteiger partial charge is 0.398 e. The lowest BCUT2D eigenvalue weighted by Crippen LogP contribution is -2.39. The molecule has 0 saturated carbocycles. The van der Waals surface area contributed by atoms with Crippen molar-refractivity contribution in [3.05, 3.63) is 90.3 Å². The molecule has 1 saturated heterocycles. The van der Waals surface area contributed by atoms with Crippen molar-refractivity contribution in [2.45, 2.75) is 25.4 Å². The third-order valence-electron chi connectivity index (χ3n) is 5.40. The summed E-state index contributed by atoms with van der Waals surface area (Å²) in [6.07, 6.45) is 8.43. The van der Waals surface area contributed by atoms with Crippen molar-refractivity contribution in [3.8, 4) is 11.1 Å². The summed E-state index contributed by atoms with van der Waals surface area (Å²) >= 11 is 0. The van der Waals surface area contributed by atoms with Gasteiger partial charge < -0.3 is 16.4 Å². The molecule has 6 nitrogen and oxygen atoms in total. The van der Waals surface area contributed by atoms with Gasteiger partial charge in [0.1, 0.15) is 0 Å². The number of carbonyl (C=O) groups is 1. The number of aromatic nitrogens is 1. The van der Waals surface area contributed by atoms with E-state index in [4.69, 9.17) is 5.73 Å². The highest BCUT2D eigenvalue weighted by atomic mass is 16.1. The van der Waals surface area contributed by atoms with Crippen molar-refractivity contribution < 1.29 is 4.79 Å². The van der Waals surface area contributed by atoms with Crippen LogP contribution in [0.1, 0.15) is 24.0 Å². The maximum atomic E-state index is 11.8. The molecule has 0 radical (unpaired) electrons. The van der Waals surface area contributed by atoms with E-state index < -0.39 is 0 Å². The van der Waals surface area contributed by atoms with Crippen molar-refractivity contribution in [3.63, 3.8) is 0 Å². The molecule has 4 rings (SSSR count). The molecule has 2 aromatic carbocycles. The smallest absolute Gasteiger partial charge is 0.222 e. The number of hydrogen-bond donors (Lipinski definition) is 3. The highest BCUT2D eigenvalue weighted by Gasteiger charge is 2.20. The minimum atomic E-state index is 0.0715. The summed E-state index contributed by atoms with van der Waals surface area (Å²) in [5, 5.41) is 6.40. The predicted molar refractivity (Wildman–Crippen MR) is 130 cm³/mol. The number of pyridine rings is 1. The number of piperidine rings is 1. The van der Waals surface area contributed by atoms with Gasteiger partial charge in [0.25, 0.3) is 0 Å². The van der Waals surface area contributed by atoms with Crippen molar-refractivity contribution in [1.82, 2.24) is 10.3 Å². The normalized spacial score (nSPS) is 16.7. The Morgan fingerprint density at radius 3 is 2.81 bits per heavy atom. The van der Waals surface area contributed by atoms with Crippen LogP contribution in [0.2, 0.25) is 0 Å². The lowest BCUT2D eigenvalue weighted by atomic mass is 9.98. The Morgan fingerprint density at radius 1 is 1.16 bits per heavy atom. The van der Waals surface area contributed by atoms with Crippen molar-refractivity contribution >= 4 is 23.5 Å². The molecule has 1 fully saturated rings. The fraction of sp³-hybridized carbons (Fsp3) is 0.192. The Kier molecular flexibility index (Phi) is 6.92. The second-order valence-electron chi connectivity index (χ2n) is 7.78. The van der Waals surface area contributed by atoms with Gasteiger partial charge >= 0.3 is 0 Å². The van der Waals surface area contributed by atoms with Crippen LogP contribution in [0.4, 0.5) is 5.69 Å². The van der Waals surface area contributed by atoms with Crippen LogP contribution in [-0.4, -0.2) is 29.7 Å². The topological polar surface area (TPSA) is 92.4 Å². The lowest BCUT2D eigenvalue weighted by molar-refractivity contribution is -0.122. The Labute approximate surface area is 188 Å². The minimum Gasteiger partial charge on any atom is -0.398 e. The van der Waals surface area contributed by atoms with Gasteiger partial charge in [-0.2, -0.15) is 0 Å². The van der Waals surface area contributed by atoms with Gasteiger partial charge in [-0.3, -0.25) is 14.8 Å². The van der Waals surface area contributed by atoms with Gasteiger partial charge in [0.15, 0.2) is 0 Å². The van der Waals surface area contributed by atoms with Gasteiger partial charge in [0, 0.05) is 54.6 Å². The van der Waals surface area contributed by atoms with E-state index in [-0.39, 0.29) is 11.9 Å². The second kappa shape index (κ2) is 10.4. The van der Waals surface area contributed by atoms with E-state index in [1.54, 1.807) is 18.6 Å². The molecule has 1 unspecified atom stereocenters. The molecule has 1 aromatic heterocycles. The molecule has 3 aromatic rings. The number of allylic oxidation sites excluding steroid dienone is 1. The first-order valence-electron chi connectivity index (χ1n) is 10.8. The van der Waals surface area contributed by atoms with Crippen molar-refractivity contribution in [1.29, 1.82) is 0 Å². The molecule has 162 valence electrons. The summed E-state index contributed by atoms with van der Waals surface area (Å²) in [7, 11) is 0. The van der Waals surface area contributed by atoms with Gasteiger partial charge in [-0.15, -0.1) is 0 Å². The van der Waals surface area contributed by atoms with E-state index in [1.807, 2.05) is 42.5 Å². The maximum absolute atomic E-state index is 11.8. The first-order valence-corrected chi connectivity index (χ1v) is 10.8. The zero-order chi connectivity index (χ0) is 22.2. The summed E-state index contributed by atoms with van der Waals surface area (Å²) in [5.74, 6) is 0.0715. The summed E-state index contributed by atoms with van der Waals surface area (Å²) < 4.78 is 0. The third kappa shape index (κ3) is 5.60. The van der Waals surface area contributed by atoms with Crippen LogP contribution in [0, 0.1) is 0 Å². The van der Waals surface area contributed by atoms with Gasteiger partial charge in [-0.05, 0) is 47.4 Å². The van der Waals surface area contributed by atoms with Crippen molar-refractivity contribution in [2.24, 2.45) is 10.7 Å². The average Bonchev–Trinajstić information content (AvgIpc) is 2.83. The Balaban J connectivity index is 1.59. The fourth-order valence-electron chi connectivity index (χ4n) is 3.72. The molecule has 1 aliphatic rings. The molecule has 6 heteroatoms. The number of benzene rings is 2. The molecule has 0 bridgehead atoms. The number of hydrogen-bond acceptors (Lipinski definition) is 5. The van der Waals surface area contributed by atoms with Crippen LogP contribution in [0.25, 0.3) is 16.8 Å². The van der Waals surface area contributed by atoms with E-state index in [0.29, 0.717) is 25.2 Å². The molecular formula is C26H27N5O. The first kappa shape index (κ1) is 21.3. The Hall–Kier alpha value is -3.93. The van der Waals surface area contributed by atoms with Gasteiger partial charge in [-0.1, -0.05) is 42.5 Å².